The third-order valence-electron chi connectivity index (χ3n) is 3.92. The lowest BCUT2D eigenvalue weighted by molar-refractivity contribution is -0.138. The third-order valence-corrected chi connectivity index (χ3v) is 4.88. The molecule has 1 aromatic heterocycles. The number of aliphatic imine (C=N–C) groups is 1. The van der Waals surface area contributed by atoms with Crippen molar-refractivity contribution in [1.29, 1.82) is 0 Å². The molecule has 1 aliphatic rings. The van der Waals surface area contributed by atoms with E-state index in [9.17, 15) is 18.0 Å². The minimum Gasteiger partial charge on any atom is -0.463 e. The Morgan fingerprint density at radius 2 is 2.00 bits per heavy atom. The summed E-state index contributed by atoms with van der Waals surface area (Å²) < 4.78 is 46.6. The maximum absolute atomic E-state index is 14.4. The van der Waals surface area contributed by atoms with Gasteiger partial charge in [-0.15, -0.1) is 11.3 Å². The predicted molar refractivity (Wildman–Crippen MR) is 94.9 cm³/mol. The summed E-state index contributed by atoms with van der Waals surface area (Å²) in [5, 5.41) is 5.31. The van der Waals surface area contributed by atoms with Crippen LogP contribution in [-0.2, 0) is 9.53 Å². The number of rotatable bonds is 4. The number of ether oxygens (including phenoxy) is 1. The zero-order valence-electron chi connectivity index (χ0n) is 14.8. The number of amidine groups is 1. The van der Waals surface area contributed by atoms with E-state index in [0.717, 1.165) is 17.8 Å². The Bertz CT molecular complexity index is 969. The monoisotopic (exact) mass is 395 g/mol. The normalized spacial score (nSPS) is 16.8. The molecule has 0 bridgehead atoms. The Morgan fingerprint density at radius 3 is 2.63 bits per heavy atom. The van der Waals surface area contributed by atoms with E-state index in [2.05, 4.69) is 15.3 Å². The highest BCUT2D eigenvalue weighted by Gasteiger charge is 2.34. The molecule has 27 heavy (non-hydrogen) atoms. The maximum atomic E-state index is 14.4. The molecule has 1 aromatic carbocycles. The van der Waals surface area contributed by atoms with Crippen LogP contribution >= 0.6 is 11.3 Å². The van der Waals surface area contributed by atoms with E-state index in [1.807, 2.05) is 12.3 Å². The van der Waals surface area contributed by atoms with Gasteiger partial charge in [-0.05, 0) is 26.8 Å². The van der Waals surface area contributed by atoms with Gasteiger partial charge in [0.2, 0.25) is 0 Å². The van der Waals surface area contributed by atoms with E-state index in [0.29, 0.717) is 16.5 Å². The highest BCUT2D eigenvalue weighted by Crippen LogP contribution is 2.35. The average Bonchev–Trinajstić information content (AvgIpc) is 3.06. The SMILES string of the molecule is CCOC(=O)C1=C(C)NC(c2nc(C)cs2)=NC1c1ccc(F)c(F)c1F. The van der Waals surface area contributed by atoms with Crippen LogP contribution in [0.25, 0.3) is 0 Å². The highest BCUT2D eigenvalue weighted by atomic mass is 32.1. The van der Waals surface area contributed by atoms with Gasteiger partial charge in [0.25, 0.3) is 0 Å². The number of thiazole rings is 1. The molecule has 0 amide bonds. The molecule has 0 radical (unpaired) electrons. The van der Waals surface area contributed by atoms with Gasteiger partial charge in [-0.1, -0.05) is 6.07 Å². The molecule has 5 nitrogen and oxygen atoms in total. The van der Waals surface area contributed by atoms with E-state index >= 15 is 0 Å². The van der Waals surface area contributed by atoms with Crippen molar-refractivity contribution in [2.75, 3.05) is 6.61 Å². The first-order chi connectivity index (χ1) is 12.8. The number of hydrogen-bond acceptors (Lipinski definition) is 6. The summed E-state index contributed by atoms with van der Waals surface area (Å²) in [5.74, 6) is -4.73. The summed E-state index contributed by atoms with van der Waals surface area (Å²) in [4.78, 5) is 21.1. The van der Waals surface area contributed by atoms with Crippen LogP contribution in [0.5, 0.6) is 0 Å². The fourth-order valence-electron chi connectivity index (χ4n) is 2.70. The second-order valence-electron chi connectivity index (χ2n) is 5.82. The molecule has 142 valence electrons. The summed E-state index contributed by atoms with van der Waals surface area (Å²) >= 11 is 1.31. The van der Waals surface area contributed by atoms with Crippen molar-refractivity contribution in [3.05, 3.63) is 62.5 Å². The fraction of sp³-hybridized carbons (Fsp3) is 0.278. The minimum absolute atomic E-state index is 0.0267. The van der Waals surface area contributed by atoms with Crippen LogP contribution in [0.3, 0.4) is 0 Å². The Morgan fingerprint density at radius 1 is 1.26 bits per heavy atom. The summed E-state index contributed by atoms with van der Waals surface area (Å²) in [5.41, 5.74) is 0.913. The largest absolute Gasteiger partial charge is 0.463 e. The Kier molecular flexibility index (Phi) is 5.31. The zero-order valence-corrected chi connectivity index (χ0v) is 15.6. The number of nitrogens with zero attached hydrogens (tertiary/aromatic N) is 2. The third kappa shape index (κ3) is 3.59. The first-order valence-corrected chi connectivity index (χ1v) is 9.00. The number of nitrogens with one attached hydrogen (secondary N) is 1. The zero-order chi connectivity index (χ0) is 19.7. The molecular formula is C18H16F3N3O2S. The van der Waals surface area contributed by atoms with Crippen molar-refractivity contribution >= 4 is 23.1 Å². The topological polar surface area (TPSA) is 63.6 Å². The lowest BCUT2D eigenvalue weighted by Crippen LogP contribution is -2.33. The van der Waals surface area contributed by atoms with Crippen LogP contribution in [0.1, 0.15) is 36.2 Å². The van der Waals surface area contributed by atoms with Crippen molar-refractivity contribution in [3.8, 4) is 0 Å². The van der Waals surface area contributed by atoms with Gasteiger partial charge in [0.05, 0.1) is 12.2 Å². The van der Waals surface area contributed by atoms with Gasteiger partial charge < -0.3 is 10.1 Å². The number of benzene rings is 1. The number of allylic oxidation sites excluding steroid dienone is 1. The van der Waals surface area contributed by atoms with E-state index in [-0.39, 0.29) is 17.7 Å². The Balaban J connectivity index is 2.15. The predicted octanol–water partition coefficient (Wildman–Crippen LogP) is 3.80. The van der Waals surface area contributed by atoms with Crippen molar-refractivity contribution < 1.29 is 22.7 Å². The van der Waals surface area contributed by atoms with Crippen molar-refractivity contribution in [1.82, 2.24) is 10.3 Å². The van der Waals surface area contributed by atoms with Crippen molar-refractivity contribution in [3.63, 3.8) is 0 Å². The van der Waals surface area contributed by atoms with Crippen LogP contribution in [-0.4, -0.2) is 23.4 Å². The maximum Gasteiger partial charge on any atom is 0.338 e. The van der Waals surface area contributed by atoms with Crippen molar-refractivity contribution in [2.45, 2.75) is 26.8 Å². The van der Waals surface area contributed by atoms with Gasteiger partial charge in [-0.2, -0.15) is 0 Å². The second kappa shape index (κ2) is 7.51. The smallest absolute Gasteiger partial charge is 0.338 e. The number of aryl methyl sites for hydroxylation is 1. The molecule has 3 rings (SSSR count). The quantitative estimate of drug-likeness (QED) is 0.632. The highest BCUT2D eigenvalue weighted by molar-refractivity contribution is 7.11. The van der Waals surface area contributed by atoms with Crippen LogP contribution in [0.15, 0.2) is 33.8 Å². The number of carbonyl (C=O) groups excluding carboxylic acids is 1. The van der Waals surface area contributed by atoms with Crippen LogP contribution in [0.4, 0.5) is 13.2 Å². The van der Waals surface area contributed by atoms with Gasteiger partial charge in [-0.3, -0.25) is 4.99 Å². The summed E-state index contributed by atoms with van der Waals surface area (Å²) in [6.07, 6.45) is 0. The molecule has 1 N–H and O–H groups in total. The lowest BCUT2D eigenvalue weighted by atomic mass is 9.95. The number of esters is 1. The molecule has 2 heterocycles. The number of carbonyl (C=O) groups is 1. The van der Waals surface area contributed by atoms with Gasteiger partial charge in [0.15, 0.2) is 28.3 Å². The van der Waals surface area contributed by atoms with Crippen LogP contribution in [0, 0.1) is 24.4 Å². The molecule has 9 heteroatoms. The lowest BCUT2D eigenvalue weighted by Gasteiger charge is -2.25. The summed E-state index contributed by atoms with van der Waals surface area (Å²) in [7, 11) is 0. The molecule has 0 aliphatic carbocycles. The first kappa shape index (κ1) is 19.1. The molecule has 0 saturated carbocycles. The molecular weight excluding hydrogens is 379 g/mol. The van der Waals surface area contributed by atoms with Crippen LogP contribution in [0.2, 0.25) is 0 Å². The Labute approximate surface area is 157 Å². The number of halogens is 3. The molecule has 1 unspecified atom stereocenters. The van der Waals surface area contributed by atoms with E-state index < -0.39 is 29.5 Å². The summed E-state index contributed by atoms with van der Waals surface area (Å²) in [6, 6.07) is 0.681. The van der Waals surface area contributed by atoms with Gasteiger partial charge in [-0.25, -0.2) is 22.9 Å². The molecule has 0 spiro atoms. The molecule has 0 fully saturated rings. The molecule has 2 aromatic rings. The van der Waals surface area contributed by atoms with Gasteiger partial charge in [0.1, 0.15) is 6.04 Å². The minimum atomic E-state index is -1.62. The van der Waals surface area contributed by atoms with Crippen molar-refractivity contribution in [2.24, 2.45) is 4.99 Å². The van der Waals surface area contributed by atoms with Gasteiger partial charge in [0, 0.05) is 22.3 Å². The molecule has 0 saturated heterocycles. The Hall–Kier alpha value is -2.68. The molecule has 1 aliphatic heterocycles. The molecule has 1 atom stereocenters. The number of hydrogen-bond donors (Lipinski definition) is 1. The first-order valence-electron chi connectivity index (χ1n) is 8.12. The average molecular weight is 395 g/mol. The standard InChI is InChI=1S/C18H16F3N3O2S/c1-4-26-18(25)12-9(3)23-16(17-22-8(2)7-27-17)24-15(12)10-5-6-11(19)14(21)13(10)20/h5-7,15H,4H2,1-3H3,(H,23,24). The van der Waals surface area contributed by atoms with E-state index in [4.69, 9.17) is 4.74 Å². The van der Waals surface area contributed by atoms with E-state index in [1.54, 1.807) is 13.8 Å². The van der Waals surface area contributed by atoms with E-state index in [1.165, 1.54) is 11.3 Å². The summed E-state index contributed by atoms with van der Waals surface area (Å²) in [6.45, 7) is 5.14. The number of aromatic nitrogens is 1. The fourth-order valence-corrected chi connectivity index (χ4v) is 3.44. The second-order valence-corrected chi connectivity index (χ2v) is 6.68. The van der Waals surface area contributed by atoms with Crippen LogP contribution < -0.4 is 5.32 Å². The van der Waals surface area contributed by atoms with Gasteiger partial charge >= 0.3 is 5.97 Å².